The number of hydrogen-bond donors (Lipinski definition) is 1. The van der Waals surface area contributed by atoms with E-state index >= 15 is 0 Å². The van der Waals surface area contributed by atoms with Crippen LogP contribution in [-0.4, -0.2) is 47.8 Å². The zero-order valence-electron chi connectivity index (χ0n) is 16.9. The molecule has 30 heavy (non-hydrogen) atoms. The van der Waals surface area contributed by atoms with E-state index in [1.54, 1.807) is 31.2 Å². The van der Waals surface area contributed by atoms with Gasteiger partial charge in [-0.2, -0.15) is 0 Å². The Kier molecular flexibility index (Phi) is 8.83. The summed E-state index contributed by atoms with van der Waals surface area (Å²) in [6.45, 7) is 1.81. The molecule has 0 unspecified atom stereocenters. The molecule has 2 rings (SSSR count). The number of ether oxygens (including phenoxy) is 2. The maximum atomic E-state index is 12.6. The van der Waals surface area contributed by atoms with E-state index < -0.39 is 30.3 Å². The van der Waals surface area contributed by atoms with Crippen LogP contribution < -0.4 is 0 Å². The highest BCUT2D eigenvalue weighted by atomic mass is 16.7. The van der Waals surface area contributed by atoms with Crippen LogP contribution in [0.3, 0.4) is 0 Å². The molecule has 0 spiro atoms. The third kappa shape index (κ3) is 6.89. The summed E-state index contributed by atoms with van der Waals surface area (Å²) in [5.41, 5.74) is 1.46. The predicted octanol–water partition coefficient (Wildman–Crippen LogP) is 2.39. The van der Waals surface area contributed by atoms with Crippen molar-refractivity contribution < 1.29 is 33.8 Å². The van der Waals surface area contributed by atoms with Crippen LogP contribution in [0.15, 0.2) is 54.6 Å². The number of esters is 2. The Labute approximate surface area is 174 Å². The highest BCUT2D eigenvalue weighted by Gasteiger charge is 2.33. The second-order valence-corrected chi connectivity index (χ2v) is 6.36. The molecule has 1 N–H and O–H groups in total. The van der Waals surface area contributed by atoms with E-state index in [1.807, 2.05) is 18.2 Å². The maximum absolute atomic E-state index is 12.6. The summed E-state index contributed by atoms with van der Waals surface area (Å²) in [7, 11) is 1.23. The van der Waals surface area contributed by atoms with Crippen molar-refractivity contribution in [1.29, 1.82) is 0 Å². The van der Waals surface area contributed by atoms with Gasteiger partial charge in [-0.05, 0) is 30.2 Å². The van der Waals surface area contributed by atoms with Crippen LogP contribution in [0.2, 0.25) is 0 Å². The van der Waals surface area contributed by atoms with Gasteiger partial charge in [-0.15, -0.1) is 0 Å². The molecule has 0 saturated heterocycles. The second kappa shape index (κ2) is 11.6. The fraction of sp³-hybridized carbons (Fsp3) is 0.318. The van der Waals surface area contributed by atoms with Crippen LogP contribution in [0, 0.1) is 0 Å². The number of carbonyl (C=O) groups is 3. The monoisotopic (exact) mass is 415 g/mol. The number of amides is 1. The number of phenols is 1. The molecule has 0 saturated carbocycles. The average molecular weight is 415 g/mol. The Balaban J connectivity index is 2.05. The molecule has 2 aromatic carbocycles. The summed E-state index contributed by atoms with van der Waals surface area (Å²) in [4.78, 5) is 42.3. The third-order valence-corrected chi connectivity index (χ3v) is 4.19. The van der Waals surface area contributed by atoms with E-state index in [-0.39, 0.29) is 25.4 Å². The van der Waals surface area contributed by atoms with E-state index in [4.69, 9.17) is 14.3 Å². The molecule has 2 aromatic rings. The minimum absolute atomic E-state index is 0.0365. The van der Waals surface area contributed by atoms with Crippen LogP contribution in [0.4, 0.5) is 0 Å². The molecule has 1 amide bonds. The van der Waals surface area contributed by atoms with Gasteiger partial charge in [0.25, 0.3) is 5.91 Å². The lowest BCUT2D eigenvalue weighted by Crippen LogP contribution is -2.47. The van der Waals surface area contributed by atoms with Crippen molar-refractivity contribution >= 4 is 17.8 Å². The molecule has 0 heterocycles. The largest absolute Gasteiger partial charge is 0.508 e. The minimum atomic E-state index is -1.10. The zero-order valence-corrected chi connectivity index (χ0v) is 16.9. The minimum Gasteiger partial charge on any atom is -0.508 e. The van der Waals surface area contributed by atoms with Crippen molar-refractivity contribution in [3.63, 3.8) is 0 Å². The Morgan fingerprint density at radius 3 is 2.23 bits per heavy atom. The Hall–Kier alpha value is -3.39. The van der Waals surface area contributed by atoms with Gasteiger partial charge < -0.3 is 14.6 Å². The van der Waals surface area contributed by atoms with Crippen molar-refractivity contribution in [3.05, 3.63) is 65.7 Å². The fourth-order valence-corrected chi connectivity index (χ4v) is 2.75. The zero-order chi connectivity index (χ0) is 21.9. The summed E-state index contributed by atoms with van der Waals surface area (Å²) >= 11 is 0. The third-order valence-electron chi connectivity index (χ3n) is 4.19. The van der Waals surface area contributed by atoms with Crippen LogP contribution in [0.5, 0.6) is 5.75 Å². The number of rotatable bonds is 10. The summed E-state index contributed by atoms with van der Waals surface area (Å²) < 4.78 is 10.2. The summed E-state index contributed by atoms with van der Waals surface area (Å²) in [6.07, 6.45) is -0.510. The Morgan fingerprint density at radius 2 is 1.63 bits per heavy atom. The van der Waals surface area contributed by atoms with E-state index in [2.05, 4.69) is 0 Å². The van der Waals surface area contributed by atoms with Gasteiger partial charge in [-0.25, -0.2) is 9.86 Å². The number of carbonyl (C=O) groups excluding carboxylic acids is 3. The molecule has 0 aliphatic rings. The van der Waals surface area contributed by atoms with Gasteiger partial charge in [0.2, 0.25) is 0 Å². The standard InChI is InChI=1S/C22H25NO7/c1-3-29-22(27)19(13-16-9-11-18(24)12-10-16)23(28-2)20(25)14-21(26)30-15-17-7-5-4-6-8-17/h4-12,19,24H,3,13-15H2,1-2H3/t19-/m1/s1. The molecule has 0 radical (unpaired) electrons. The molecule has 0 bridgehead atoms. The van der Waals surface area contributed by atoms with Gasteiger partial charge in [0.15, 0.2) is 6.04 Å². The number of phenolic OH excluding ortho intramolecular Hbond substituents is 1. The first-order chi connectivity index (χ1) is 14.4. The lowest BCUT2D eigenvalue weighted by molar-refractivity contribution is -0.200. The highest BCUT2D eigenvalue weighted by Crippen LogP contribution is 2.16. The molecule has 1 atom stereocenters. The number of nitrogens with zero attached hydrogens (tertiary/aromatic N) is 1. The molecule has 0 aliphatic heterocycles. The van der Waals surface area contributed by atoms with Gasteiger partial charge in [0.05, 0.1) is 13.7 Å². The maximum Gasteiger partial charge on any atom is 0.331 e. The average Bonchev–Trinajstić information content (AvgIpc) is 2.74. The lowest BCUT2D eigenvalue weighted by atomic mass is 10.1. The normalized spacial score (nSPS) is 11.4. The van der Waals surface area contributed by atoms with Crippen molar-refractivity contribution in [1.82, 2.24) is 5.06 Å². The van der Waals surface area contributed by atoms with E-state index in [0.29, 0.717) is 5.56 Å². The van der Waals surface area contributed by atoms with Crippen LogP contribution in [0.1, 0.15) is 24.5 Å². The number of hydrogen-bond acceptors (Lipinski definition) is 7. The van der Waals surface area contributed by atoms with Gasteiger partial charge in [-0.1, -0.05) is 42.5 Å². The molecule has 0 fully saturated rings. The van der Waals surface area contributed by atoms with Gasteiger partial charge in [0, 0.05) is 6.42 Å². The quantitative estimate of drug-likeness (QED) is 0.361. The van der Waals surface area contributed by atoms with Crippen LogP contribution in [-0.2, 0) is 41.7 Å². The summed E-state index contributed by atoms with van der Waals surface area (Å²) in [6, 6.07) is 14.1. The predicted molar refractivity (Wildman–Crippen MR) is 107 cm³/mol. The van der Waals surface area contributed by atoms with Gasteiger partial charge in [0.1, 0.15) is 18.8 Å². The first kappa shape index (κ1) is 22.9. The fourth-order valence-electron chi connectivity index (χ4n) is 2.75. The molecule has 0 aromatic heterocycles. The first-order valence-corrected chi connectivity index (χ1v) is 9.44. The van der Waals surface area contributed by atoms with Crippen molar-refractivity contribution in [3.8, 4) is 5.75 Å². The van der Waals surface area contributed by atoms with Gasteiger partial charge >= 0.3 is 11.9 Å². The SMILES string of the molecule is CCOC(=O)[C@@H](Cc1ccc(O)cc1)N(OC)C(=O)CC(=O)OCc1ccccc1. The molecule has 8 nitrogen and oxygen atoms in total. The number of aromatic hydroxyl groups is 1. The van der Waals surface area contributed by atoms with Crippen LogP contribution in [0.25, 0.3) is 0 Å². The molecule has 8 heteroatoms. The van der Waals surface area contributed by atoms with E-state index in [9.17, 15) is 19.5 Å². The van der Waals surface area contributed by atoms with Gasteiger partial charge in [-0.3, -0.25) is 14.4 Å². The van der Waals surface area contributed by atoms with Crippen molar-refractivity contribution in [2.75, 3.05) is 13.7 Å². The highest BCUT2D eigenvalue weighted by molar-refractivity contribution is 5.95. The molecule has 0 aliphatic carbocycles. The first-order valence-electron chi connectivity index (χ1n) is 9.44. The lowest BCUT2D eigenvalue weighted by Gasteiger charge is -2.27. The Bertz CT molecular complexity index is 836. The smallest absolute Gasteiger partial charge is 0.331 e. The van der Waals surface area contributed by atoms with E-state index in [1.165, 1.54) is 19.2 Å². The Morgan fingerprint density at radius 1 is 0.967 bits per heavy atom. The van der Waals surface area contributed by atoms with Crippen molar-refractivity contribution in [2.24, 2.45) is 0 Å². The second-order valence-electron chi connectivity index (χ2n) is 6.36. The molecular weight excluding hydrogens is 390 g/mol. The topological polar surface area (TPSA) is 102 Å². The molecule has 160 valence electrons. The van der Waals surface area contributed by atoms with E-state index in [0.717, 1.165) is 10.6 Å². The molecular formula is C22H25NO7. The summed E-state index contributed by atoms with van der Waals surface area (Å²) in [5.74, 6) is -2.06. The number of benzene rings is 2. The number of hydroxylamine groups is 2. The summed E-state index contributed by atoms with van der Waals surface area (Å²) in [5, 5.41) is 10.3. The van der Waals surface area contributed by atoms with Crippen molar-refractivity contribution in [2.45, 2.75) is 32.4 Å². The van der Waals surface area contributed by atoms with Crippen LogP contribution >= 0.6 is 0 Å².